The summed E-state index contributed by atoms with van der Waals surface area (Å²) in [6, 6.07) is 3.85. The second-order valence-corrected chi connectivity index (χ2v) is 4.50. The van der Waals surface area contributed by atoms with Gasteiger partial charge in [0.1, 0.15) is 0 Å². The second kappa shape index (κ2) is 8.37. The number of aromatic nitrogens is 1. The van der Waals surface area contributed by atoms with Crippen molar-refractivity contribution in [3.63, 3.8) is 0 Å². The summed E-state index contributed by atoms with van der Waals surface area (Å²) >= 11 is 0. The van der Waals surface area contributed by atoms with Gasteiger partial charge in [-0.3, -0.25) is 9.59 Å². The third kappa shape index (κ3) is 6.10. The van der Waals surface area contributed by atoms with Gasteiger partial charge in [0.05, 0.1) is 5.56 Å². The fourth-order valence-corrected chi connectivity index (χ4v) is 1.61. The number of nitrogens with one attached hydrogen (secondary N) is 1. The third-order valence-corrected chi connectivity index (χ3v) is 2.90. The van der Waals surface area contributed by atoms with Gasteiger partial charge in [-0.05, 0) is 32.9 Å². The largest absolute Gasteiger partial charge is 0.405 e. The molecule has 1 heterocycles. The molecule has 0 fully saturated rings. The number of pyridine rings is 1. The molecule has 0 radical (unpaired) electrons. The normalized spacial score (nSPS) is 11.9. The molecule has 0 amide bonds. The first-order chi connectivity index (χ1) is 9.15. The number of hydrogen-bond donors (Lipinski definition) is 1. The van der Waals surface area contributed by atoms with Crippen molar-refractivity contribution >= 4 is 12.3 Å². The molecule has 0 aliphatic carbocycles. The van der Waals surface area contributed by atoms with Crippen LogP contribution < -0.4 is 9.88 Å². The molecule has 104 valence electrons. The van der Waals surface area contributed by atoms with E-state index in [0.717, 1.165) is 19.1 Å². The van der Waals surface area contributed by atoms with Crippen LogP contribution in [-0.4, -0.2) is 25.3 Å². The van der Waals surface area contributed by atoms with Gasteiger partial charge in [-0.15, -0.1) is 0 Å². The van der Waals surface area contributed by atoms with E-state index in [1.165, 1.54) is 0 Å². The Morgan fingerprint density at radius 2 is 2.37 bits per heavy atom. The van der Waals surface area contributed by atoms with E-state index in [9.17, 15) is 9.59 Å². The minimum absolute atomic E-state index is 0.141. The molecule has 1 atom stereocenters. The Balaban J connectivity index is 2.27. The van der Waals surface area contributed by atoms with Crippen molar-refractivity contribution in [2.45, 2.75) is 39.0 Å². The number of aldehydes is 1. The van der Waals surface area contributed by atoms with Crippen molar-refractivity contribution in [1.29, 1.82) is 0 Å². The molecule has 5 heteroatoms. The van der Waals surface area contributed by atoms with Crippen molar-refractivity contribution in [1.82, 2.24) is 5.32 Å². The van der Waals surface area contributed by atoms with Crippen LogP contribution in [0.5, 0.6) is 0 Å². The molecule has 1 rings (SSSR count). The molecule has 19 heavy (non-hydrogen) atoms. The van der Waals surface area contributed by atoms with Gasteiger partial charge in [-0.1, -0.05) is 0 Å². The van der Waals surface area contributed by atoms with Crippen LogP contribution >= 0.6 is 0 Å². The molecule has 0 saturated heterocycles. The average molecular weight is 265 g/mol. The molecule has 0 bridgehead atoms. The Kier molecular flexibility index (Phi) is 6.74. The maximum Gasteiger partial charge on any atom is 0.310 e. The number of carbonyl (C=O) groups excluding carboxylic acids is 2. The minimum atomic E-state index is -0.215. The lowest BCUT2D eigenvalue weighted by Gasteiger charge is -2.08. The minimum Gasteiger partial charge on any atom is -0.405 e. The zero-order chi connectivity index (χ0) is 14.1. The maximum absolute atomic E-state index is 11.5. The molecule has 0 aliphatic rings. The highest BCUT2D eigenvalue weighted by molar-refractivity contribution is 5.73. The lowest BCUT2D eigenvalue weighted by Crippen LogP contribution is -2.35. The summed E-state index contributed by atoms with van der Waals surface area (Å²) in [4.78, 5) is 22.1. The monoisotopic (exact) mass is 265 g/mol. The Morgan fingerprint density at radius 1 is 1.58 bits per heavy atom. The number of nitrogens with zero attached hydrogens (tertiary/aromatic N) is 1. The van der Waals surface area contributed by atoms with Crippen LogP contribution in [0.25, 0.3) is 0 Å². The van der Waals surface area contributed by atoms with E-state index in [4.69, 9.17) is 4.74 Å². The second-order valence-electron chi connectivity index (χ2n) is 4.50. The van der Waals surface area contributed by atoms with Gasteiger partial charge in [0.15, 0.2) is 18.7 Å². The Labute approximate surface area is 113 Å². The third-order valence-electron chi connectivity index (χ3n) is 2.90. The molecule has 1 aromatic rings. The highest BCUT2D eigenvalue weighted by Crippen LogP contribution is 2.01. The Bertz CT molecular complexity index is 421. The van der Waals surface area contributed by atoms with E-state index >= 15 is 0 Å². The van der Waals surface area contributed by atoms with Crippen LogP contribution in [0.15, 0.2) is 24.5 Å². The van der Waals surface area contributed by atoms with Crippen molar-refractivity contribution in [2.75, 3.05) is 7.05 Å². The van der Waals surface area contributed by atoms with Crippen molar-refractivity contribution in [2.24, 2.45) is 0 Å². The van der Waals surface area contributed by atoms with Gasteiger partial charge in [-0.25, -0.2) is 0 Å². The van der Waals surface area contributed by atoms with E-state index in [0.29, 0.717) is 18.0 Å². The quantitative estimate of drug-likeness (QED) is 0.434. The van der Waals surface area contributed by atoms with E-state index in [2.05, 4.69) is 12.2 Å². The van der Waals surface area contributed by atoms with Crippen LogP contribution in [0.1, 0.15) is 36.5 Å². The van der Waals surface area contributed by atoms with Gasteiger partial charge in [0.25, 0.3) is 6.73 Å². The lowest BCUT2D eigenvalue weighted by atomic mass is 10.1. The number of carbonyl (C=O) groups is 2. The smallest absolute Gasteiger partial charge is 0.310 e. The van der Waals surface area contributed by atoms with Gasteiger partial charge < -0.3 is 10.1 Å². The summed E-state index contributed by atoms with van der Waals surface area (Å²) in [5, 5.41) is 3.12. The highest BCUT2D eigenvalue weighted by Gasteiger charge is 2.08. The molecule has 0 aromatic carbocycles. The van der Waals surface area contributed by atoms with Crippen LogP contribution in [0.2, 0.25) is 0 Å². The molecule has 1 unspecified atom stereocenters. The first-order valence-electron chi connectivity index (χ1n) is 6.43. The number of esters is 1. The first kappa shape index (κ1) is 15.3. The molecular formula is C14H21N2O3+. The average Bonchev–Trinajstić information content (AvgIpc) is 2.45. The van der Waals surface area contributed by atoms with Crippen LogP contribution in [-0.2, 0) is 16.3 Å². The summed E-state index contributed by atoms with van der Waals surface area (Å²) in [5.41, 5.74) is 0.557. The molecule has 5 nitrogen and oxygen atoms in total. The molecular weight excluding hydrogens is 244 g/mol. The van der Waals surface area contributed by atoms with Crippen molar-refractivity contribution in [3.8, 4) is 0 Å². The van der Waals surface area contributed by atoms with Crippen molar-refractivity contribution in [3.05, 3.63) is 30.1 Å². The summed E-state index contributed by atoms with van der Waals surface area (Å²) in [7, 11) is 1.90. The molecule has 1 aromatic heterocycles. The summed E-state index contributed by atoms with van der Waals surface area (Å²) in [5.74, 6) is -0.215. The fraction of sp³-hybridized carbons (Fsp3) is 0.500. The first-order valence-corrected chi connectivity index (χ1v) is 6.43. The highest BCUT2D eigenvalue weighted by atomic mass is 16.5. The topological polar surface area (TPSA) is 59.3 Å². The number of rotatable bonds is 8. The summed E-state index contributed by atoms with van der Waals surface area (Å²) in [6.45, 7) is 2.22. The molecule has 0 spiro atoms. The van der Waals surface area contributed by atoms with E-state index in [1.807, 2.05) is 7.05 Å². The predicted octanol–water partition coefficient (Wildman–Crippen LogP) is 1.07. The van der Waals surface area contributed by atoms with E-state index < -0.39 is 0 Å². The van der Waals surface area contributed by atoms with Gasteiger partial charge in [-0.2, -0.15) is 4.57 Å². The summed E-state index contributed by atoms with van der Waals surface area (Å²) in [6.07, 6.45) is 6.32. The van der Waals surface area contributed by atoms with E-state index in [1.54, 1.807) is 29.1 Å². The van der Waals surface area contributed by atoms with E-state index in [-0.39, 0.29) is 12.7 Å². The number of ether oxygens (including phenoxy) is 1. The van der Waals surface area contributed by atoms with Crippen LogP contribution in [0.4, 0.5) is 0 Å². The molecule has 1 N–H and O–H groups in total. The zero-order valence-corrected chi connectivity index (χ0v) is 11.5. The maximum atomic E-state index is 11.5. The van der Waals surface area contributed by atoms with Gasteiger partial charge in [0, 0.05) is 18.5 Å². The van der Waals surface area contributed by atoms with Gasteiger partial charge in [0.2, 0.25) is 0 Å². The van der Waals surface area contributed by atoms with Gasteiger partial charge >= 0.3 is 5.97 Å². The molecule has 0 saturated carbocycles. The lowest BCUT2D eigenvalue weighted by molar-refractivity contribution is -0.727. The molecule has 0 aliphatic heterocycles. The number of hydrogen-bond acceptors (Lipinski definition) is 4. The zero-order valence-electron chi connectivity index (χ0n) is 11.5. The Hall–Kier alpha value is -1.75. The summed E-state index contributed by atoms with van der Waals surface area (Å²) < 4.78 is 6.80. The standard InChI is InChI=1S/C14H21N2O3/c1-12(15-2)5-3-7-14(18)19-11-16-8-4-6-13(9-16)10-17/h4,6,8-10,12,15H,3,5,7,11H2,1-2H3/q+1. The SMILES string of the molecule is CNC(C)CCCC(=O)OC[n+]1cccc(C=O)c1. The van der Waals surface area contributed by atoms with Crippen LogP contribution in [0, 0.1) is 0 Å². The Morgan fingerprint density at radius 3 is 3.05 bits per heavy atom. The van der Waals surface area contributed by atoms with Crippen LogP contribution in [0.3, 0.4) is 0 Å². The fourth-order valence-electron chi connectivity index (χ4n) is 1.61. The predicted molar refractivity (Wildman–Crippen MR) is 70.5 cm³/mol. The van der Waals surface area contributed by atoms with Crippen molar-refractivity contribution < 1.29 is 18.9 Å².